The Morgan fingerprint density at radius 2 is 2.00 bits per heavy atom. The number of carbonyl (C=O) groups is 2. The van der Waals surface area contributed by atoms with E-state index < -0.39 is 9.84 Å². The third-order valence-corrected chi connectivity index (χ3v) is 9.13. The third kappa shape index (κ3) is 5.87. The molecule has 3 aromatic rings. The Bertz CT molecular complexity index is 1300. The molecule has 0 saturated carbocycles. The van der Waals surface area contributed by atoms with Crippen LogP contribution in [-0.2, 0) is 19.4 Å². The highest BCUT2D eigenvalue weighted by molar-refractivity contribution is 8.01. The number of benzene rings is 2. The topological polar surface area (TPSA) is 109 Å². The smallest absolute Gasteiger partial charge is 0.240 e. The van der Waals surface area contributed by atoms with Crippen molar-refractivity contribution < 1.29 is 18.0 Å². The lowest BCUT2D eigenvalue weighted by atomic mass is 10.2. The number of hydrogen-bond acceptors (Lipinski definition) is 9. The minimum Gasteiger partial charge on any atom is -0.325 e. The Morgan fingerprint density at radius 1 is 1.24 bits per heavy atom. The van der Waals surface area contributed by atoms with Gasteiger partial charge in [-0.25, -0.2) is 8.42 Å². The Labute approximate surface area is 208 Å². The van der Waals surface area contributed by atoms with Crippen molar-refractivity contribution in [3.05, 3.63) is 59.1 Å². The molecule has 1 atom stereocenters. The normalized spacial score (nSPS) is 16.2. The molecule has 13 heteroatoms. The minimum atomic E-state index is -3.29. The predicted octanol–water partition coefficient (Wildman–Crippen LogP) is 4.10. The Kier molecular flexibility index (Phi) is 7.29. The van der Waals surface area contributed by atoms with E-state index in [1.807, 2.05) is 18.2 Å². The number of amides is 2. The second-order valence-corrected chi connectivity index (χ2v) is 12.7. The lowest BCUT2D eigenvalue weighted by molar-refractivity contribution is -0.116. The van der Waals surface area contributed by atoms with Gasteiger partial charge < -0.3 is 5.32 Å². The van der Waals surface area contributed by atoms with Crippen molar-refractivity contribution in [3.63, 3.8) is 0 Å². The molecule has 2 aromatic carbocycles. The molecule has 0 radical (unpaired) electrons. The average molecular weight is 541 g/mol. The maximum absolute atomic E-state index is 12.5. The summed E-state index contributed by atoms with van der Waals surface area (Å²) in [7, 11) is -3.29. The van der Waals surface area contributed by atoms with Gasteiger partial charge in [-0.3, -0.25) is 14.5 Å². The summed E-state index contributed by atoms with van der Waals surface area (Å²) in [6.07, 6.45) is 1.12. The number of anilines is 2. The summed E-state index contributed by atoms with van der Waals surface area (Å²) >= 11 is 10.1. The van der Waals surface area contributed by atoms with E-state index in [0.717, 1.165) is 11.8 Å². The van der Waals surface area contributed by atoms with Crippen LogP contribution in [0.15, 0.2) is 57.8 Å². The maximum Gasteiger partial charge on any atom is 0.240 e. The van der Waals surface area contributed by atoms with Gasteiger partial charge in [0.15, 0.2) is 14.2 Å². The molecule has 2 heterocycles. The molecule has 8 nitrogen and oxygen atoms in total. The molecule has 1 aliphatic rings. The van der Waals surface area contributed by atoms with Crippen LogP contribution >= 0.6 is 46.5 Å². The molecule has 2 amide bonds. The summed E-state index contributed by atoms with van der Waals surface area (Å²) < 4.78 is 23.6. The molecule has 1 saturated heterocycles. The van der Waals surface area contributed by atoms with Gasteiger partial charge in [-0.1, -0.05) is 46.8 Å². The molecular weight excluding hydrogens is 524 g/mol. The molecule has 1 fully saturated rings. The SMILES string of the molecule is CS(=O)(=O)c1ccc(NC(=O)CSc2nnc(N3C(=O)CSC3c3cccc(Cl)c3)s2)cc1. The molecular formula is C20H17ClN4O4S4. The molecule has 0 aliphatic carbocycles. The van der Waals surface area contributed by atoms with Gasteiger partial charge in [-0.05, 0) is 42.0 Å². The zero-order valence-electron chi connectivity index (χ0n) is 17.1. The van der Waals surface area contributed by atoms with E-state index in [1.54, 1.807) is 11.0 Å². The summed E-state index contributed by atoms with van der Waals surface area (Å²) in [6, 6.07) is 13.3. The maximum atomic E-state index is 12.5. The number of aromatic nitrogens is 2. The van der Waals surface area contributed by atoms with Gasteiger partial charge in [0.2, 0.25) is 16.9 Å². The standard InChI is InChI=1S/C20H17ClN4O4S4/c1-33(28,29)15-7-5-14(6-8-15)22-16(26)10-31-20-24-23-19(32-20)25-17(27)11-30-18(25)12-3-2-4-13(21)9-12/h2-9,18H,10-11H2,1H3,(H,22,26). The van der Waals surface area contributed by atoms with Crippen molar-refractivity contribution in [2.24, 2.45) is 0 Å². The zero-order chi connectivity index (χ0) is 23.6. The Balaban J connectivity index is 1.38. The predicted molar refractivity (Wildman–Crippen MR) is 133 cm³/mol. The van der Waals surface area contributed by atoms with Crippen LogP contribution in [-0.4, -0.2) is 48.2 Å². The van der Waals surface area contributed by atoms with Gasteiger partial charge in [0.1, 0.15) is 5.37 Å². The van der Waals surface area contributed by atoms with E-state index in [4.69, 9.17) is 11.6 Å². The molecule has 0 spiro atoms. The highest BCUT2D eigenvalue weighted by Crippen LogP contribution is 2.43. The van der Waals surface area contributed by atoms with Gasteiger partial charge in [0, 0.05) is 17.0 Å². The third-order valence-electron chi connectivity index (χ3n) is 4.50. The van der Waals surface area contributed by atoms with Crippen molar-refractivity contribution in [1.82, 2.24) is 10.2 Å². The van der Waals surface area contributed by atoms with Gasteiger partial charge >= 0.3 is 0 Å². The quantitative estimate of drug-likeness (QED) is 0.352. The monoisotopic (exact) mass is 540 g/mol. The number of halogens is 1. The minimum absolute atomic E-state index is 0.0621. The summed E-state index contributed by atoms with van der Waals surface area (Å²) in [4.78, 5) is 26.6. The van der Waals surface area contributed by atoms with Crippen molar-refractivity contribution in [3.8, 4) is 0 Å². The zero-order valence-corrected chi connectivity index (χ0v) is 21.1. The Hall–Kier alpha value is -2.12. The number of thioether (sulfide) groups is 2. The second-order valence-electron chi connectivity index (χ2n) is 6.97. The number of nitrogens with zero attached hydrogens (tertiary/aromatic N) is 3. The van der Waals surface area contributed by atoms with Crippen LogP contribution in [0.2, 0.25) is 5.02 Å². The van der Waals surface area contributed by atoms with Crippen LogP contribution in [0.3, 0.4) is 0 Å². The number of hydrogen-bond donors (Lipinski definition) is 1. The highest BCUT2D eigenvalue weighted by Gasteiger charge is 2.36. The first-order valence-corrected chi connectivity index (χ1v) is 14.6. The van der Waals surface area contributed by atoms with Crippen LogP contribution in [0.5, 0.6) is 0 Å². The average Bonchev–Trinajstić information content (AvgIpc) is 3.38. The van der Waals surface area contributed by atoms with Crippen LogP contribution < -0.4 is 10.2 Å². The van der Waals surface area contributed by atoms with E-state index in [2.05, 4.69) is 15.5 Å². The fraction of sp³-hybridized carbons (Fsp3) is 0.200. The first-order chi connectivity index (χ1) is 15.7. The van der Waals surface area contributed by atoms with Crippen LogP contribution in [0.4, 0.5) is 10.8 Å². The second kappa shape index (κ2) is 10.0. The number of nitrogens with one attached hydrogen (secondary N) is 1. The molecule has 1 unspecified atom stereocenters. The molecule has 4 rings (SSSR count). The molecule has 33 heavy (non-hydrogen) atoms. The number of sulfone groups is 1. The van der Waals surface area contributed by atoms with Crippen molar-refractivity contribution in [1.29, 1.82) is 0 Å². The molecule has 1 aliphatic heterocycles. The van der Waals surface area contributed by atoms with E-state index in [9.17, 15) is 18.0 Å². The van der Waals surface area contributed by atoms with Crippen molar-refractivity contribution in [2.75, 3.05) is 28.0 Å². The van der Waals surface area contributed by atoms with Gasteiger partial charge in [-0.2, -0.15) is 0 Å². The fourth-order valence-corrected chi connectivity index (χ4v) is 6.73. The molecule has 1 aromatic heterocycles. The van der Waals surface area contributed by atoms with Crippen molar-refractivity contribution >= 4 is 78.9 Å². The van der Waals surface area contributed by atoms with E-state index in [-0.39, 0.29) is 27.8 Å². The first-order valence-electron chi connectivity index (χ1n) is 9.46. The number of carbonyl (C=O) groups excluding carboxylic acids is 2. The summed E-state index contributed by atoms with van der Waals surface area (Å²) in [5, 5.41) is 11.8. The summed E-state index contributed by atoms with van der Waals surface area (Å²) in [5.41, 5.74) is 1.40. The number of rotatable bonds is 7. The van der Waals surface area contributed by atoms with Gasteiger partial charge in [0.05, 0.1) is 16.4 Å². The lowest BCUT2D eigenvalue weighted by Crippen LogP contribution is -2.27. The molecule has 172 valence electrons. The fourth-order valence-electron chi connectivity index (χ4n) is 3.01. The first kappa shape index (κ1) is 24.0. The lowest BCUT2D eigenvalue weighted by Gasteiger charge is -2.21. The van der Waals surface area contributed by atoms with Crippen LogP contribution in [0.1, 0.15) is 10.9 Å². The van der Waals surface area contributed by atoms with Crippen molar-refractivity contribution in [2.45, 2.75) is 14.6 Å². The van der Waals surface area contributed by atoms with Crippen LogP contribution in [0, 0.1) is 0 Å². The molecule has 0 bridgehead atoms. The molecule has 1 N–H and O–H groups in total. The van der Waals surface area contributed by atoms with E-state index in [1.165, 1.54) is 59.1 Å². The van der Waals surface area contributed by atoms with Crippen LogP contribution in [0.25, 0.3) is 0 Å². The largest absolute Gasteiger partial charge is 0.325 e. The van der Waals surface area contributed by atoms with E-state index >= 15 is 0 Å². The Morgan fingerprint density at radius 3 is 2.70 bits per heavy atom. The van der Waals surface area contributed by atoms with Gasteiger partial charge in [-0.15, -0.1) is 22.0 Å². The summed E-state index contributed by atoms with van der Waals surface area (Å²) in [6.45, 7) is 0. The van der Waals surface area contributed by atoms with E-state index in [0.29, 0.717) is 25.9 Å². The highest BCUT2D eigenvalue weighted by atomic mass is 35.5. The summed E-state index contributed by atoms with van der Waals surface area (Å²) in [5.74, 6) is 0.0873. The van der Waals surface area contributed by atoms with Gasteiger partial charge in [0.25, 0.3) is 0 Å².